The number of hydrogen-bond acceptors (Lipinski definition) is 5. The van der Waals surface area contributed by atoms with Crippen molar-refractivity contribution in [1.29, 1.82) is 0 Å². The molecular weight excluding hydrogens is 411 g/mol. The molecule has 10 atom stereocenters. The third-order valence-corrected chi connectivity index (χ3v) is 10.9. The van der Waals surface area contributed by atoms with Gasteiger partial charge in [0.05, 0.1) is 12.2 Å². The van der Waals surface area contributed by atoms with Crippen molar-refractivity contribution in [3.63, 3.8) is 0 Å². The minimum absolute atomic E-state index is 0. The number of rotatable bonds is 5. The largest absolute Gasteiger partial charge is 1.00 e. The van der Waals surface area contributed by atoms with Crippen LogP contribution in [0.1, 0.15) is 84.4 Å². The van der Waals surface area contributed by atoms with E-state index in [1.165, 1.54) is 38.5 Å². The van der Waals surface area contributed by atoms with E-state index in [0.29, 0.717) is 46.5 Å². The van der Waals surface area contributed by atoms with Gasteiger partial charge in [0, 0.05) is 12.9 Å². The van der Waals surface area contributed by atoms with Crippen molar-refractivity contribution in [2.24, 2.45) is 46.3 Å². The third-order valence-electron chi connectivity index (χ3n) is 10.9. The molecule has 4 aliphatic carbocycles. The molecule has 4 saturated carbocycles. The average molecular weight is 453 g/mol. The minimum Gasteiger partial charge on any atom is -0.393 e. The number of fused-ring (bicyclic) bond motifs is 5. The molecular formula is C25H41N4NaO2. The van der Waals surface area contributed by atoms with Crippen LogP contribution in [0.2, 0.25) is 0 Å². The summed E-state index contributed by atoms with van der Waals surface area (Å²) in [7, 11) is 1.86. The predicted molar refractivity (Wildman–Crippen MR) is 118 cm³/mol. The van der Waals surface area contributed by atoms with E-state index in [1.807, 2.05) is 7.11 Å². The maximum absolute atomic E-state index is 11.5. The van der Waals surface area contributed by atoms with Crippen LogP contribution in [0.3, 0.4) is 0 Å². The molecule has 174 valence electrons. The van der Waals surface area contributed by atoms with Gasteiger partial charge in [-0.2, -0.15) is 5.21 Å². The van der Waals surface area contributed by atoms with Crippen LogP contribution in [0.15, 0.2) is 0 Å². The molecule has 1 aromatic heterocycles. The standard InChI is InChI=1S/C25H41N4O2.Na/c1-15(5-8-22-26-28-29-27-22)18-6-7-19-23-20(10-12-25(18,19)3)24(2)11-9-17(31-4)13-16(24)14-21(23)30;/h15-21,23,30H,5-14H2,1-4H3;/q-1;+1/t15-,16+,17-,18-,19+,20+,21-,23+,24+,25-;/m1./s1. The fourth-order valence-electron chi connectivity index (χ4n) is 9.19. The Balaban J connectivity index is 0.00000245. The third kappa shape index (κ3) is 4.04. The first-order valence-corrected chi connectivity index (χ1v) is 12.7. The van der Waals surface area contributed by atoms with Crippen molar-refractivity contribution < 1.29 is 39.4 Å². The van der Waals surface area contributed by atoms with Crippen molar-refractivity contribution in [1.82, 2.24) is 20.6 Å². The summed E-state index contributed by atoms with van der Waals surface area (Å²) in [6.45, 7) is 7.55. The number of nitrogens with zero attached hydrogens (tertiary/aromatic N) is 4. The molecule has 5 rings (SSSR count). The van der Waals surface area contributed by atoms with E-state index in [0.717, 1.165) is 37.4 Å². The van der Waals surface area contributed by atoms with Crippen LogP contribution in [0, 0.1) is 46.3 Å². The quantitative estimate of drug-likeness (QED) is 0.673. The van der Waals surface area contributed by atoms with Gasteiger partial charge in [-0.3, -0.25) is 10.3 Å². The van der Waals surface area contributed by atoms with Gasteiger partial charge in [0.15, 0.2) is 0 Å². The molecule has 1 heterocycles. The molecule has 0 spiro atoms. The molecule has 0 unspecified atom stereocenters. The Morgan fingerprint density at radius 2 is 1.84 bits per heavy atom. The summed E-state index contributed by atoms with van der Waals surface area (Å²) >= 11 is 0. The van der Waals surface area contributed by atoms with E-state index < -0.39 is 0 Å². The van der Waals surface area contributed by atoms with Crippen LogP contribution < -0.4 is 34.7 Å². The van der Waals surface area contributed by atoms with E-state index in [-0.39, 0.29) is 35.7 Å². The summed E-state index contributed by atoms with van der Waals surface area (Å²) in [6, 6.07) is 0. The second-order valence-corrected chi connectivity index (χ2v) is 12.0. The molecule has 0 aromatic carbocycles. The Bertz CT molecular complexity index is 763. The summed E-state index contributed by atoms with van der Waals surface area (Å²) in [5.74, 6) is 4.62. The van der Waals surface area contributed by atoms with Crippen molar-refractivity contribution in [2.75, 3.05) is 7.11 Å². The normalized spacial score (nSPS) is 46.5. The van der Waals surface area contributed by atoms with Gasteiger partial charge in [-0.1, -0.05) is 20.8 Å². The summed E-state index contributed by atoms with van der Waals surface area (Å²) in [5.41, 5.74) is 0.747. The van der Waals surface area contributed by atoms with Crippen molar-refractivity contribution in [2.45, 2.75) is 97.2 Å². The molecule has 0 aliphatic heterocycles. The fraction of sp³-hybridized carbons (Fsp3) is 0.960. The molecule has 4 aliphatic rings. The second-order valence-electron chi connectivity index (χ2n) is 12.0. The molecule has 6 nitrogen and oxygen atoms in total. The van der Waals surface area contributed by atoms with Crippen molar-refractivity contribution >= 4 is 0 Å². The number of aromatic nitrogens is 4. The molecule has 0 saturated heterocycles. The number of tetrazole rings is 1. The van der Waals surface area contributed by atoms with Gasteiger partial charge in [0.1, 0.15) is 0 Å². The zero-order chi connectivity index (χ0) is 21.8. The maximum atomic E-state index is 11.5. The molecule has 32 heavy (non-hydrogen) atoms. The number of methoxy groups -OCH3 is 1. The number of aryl methyl sites for hydroxylation is 1. The second kappa shape index (κ2) is 9.56. The van der Waals surface area contributed by atoms with Crippen LogP contribution in [-0.4, -0.2) is 39.9 Å². The van der Waals surface area contributed by atoms with Gasteiger partial charge in [0.2, 0.25) is 0 Å². The van der Waals surface area contributed by atoms with E-state index >= 15 is 0 Å². The van der Waals surface area contributed by atoms with Gasteiger partial charge in [-0.05, 0) is 111 Å². The molecule has 0 amide bonds. The van der Waals surface area contributed by atoms with Gasteiger partial charge < -0.3 is 14.9 Å². The molecule has 0 radical (unpaired) electrons. The Hall–Kier alpha value is -0.0100. The molecule has 4 fully saturated rings. The predicted octanol–water partition coefficient (Wildman–Crippen LogP) is 1.05. The van der Waals surface area contributed by atoms with E-state index in [2.05, 4.69) is 41.4 Å². The molecule has 7 heteroatoms. The van der Waals surface area contributed by atoms with Crippen molar-refractivity contribution in [3.05, 3.63) is 5.82 Å². The summed E-state index contributed by atoms with van der Waals surface area (Å²) < 4.78 is 5.73. The fourth-order valence-corrected chi connectivity index (χ4v) is 9.19. The number of hydrogen-bond donors (Lipinski definition) is 1. The van der Waals surface area contributed by atoms with Gasteiger partial charge in [-0.15, -0.1) is 0 Å². The van der Waals surface area contributed by atoms with Gasteiger partial charge >= 0.3 is 29.6 Å². The zero-order valence-electron chi connectivity index (χ0n) is 20.8. The van der Waals surface area contributed by atoms with Crippen LogP contribution in [-0.2, 0) is 11.2 Å². The summed E-state index contributed by atoms with van der Waals surface area (Å²) in [6.07, 6.45) is 12.1. The maximum Gasteiger partial charge on any atom is 1.00 e. The topological polar surface area (TPSA) is 82.2 Å². The average Bonchev–Trinajstić information content (AvgIpc) is 3.39. The monoisotopic (exact) mass is 452 g/mol. The first-order chi connectivity index (χ1) is 14.9. The SMILES string of the molecule is CO[C@@H]1CC[C@@]2(C)[C@@H](C1)C[C@@H](O)[C@@H]1[C@@H]2CC[C@]2(C)[C@@H]([C@H](C)CCc3nnn[n-]3)CC[C@@H]12.[Na+]. The smallest absolute Gasteiger partial charge is 0.393 e. The van der Waals surface area contributed by atoms with E-state index in [1.54, 1.807) is 0 Å². The van der Waals surface area contributed by atoms with Gasteiger partial charge in [0.25, 0.3) is 0 Å². The first kappa shape index (κ1) is 25.1. The summed E-state index contributed by atoms with van der Waals surface area (Å²) in [4.78, 5) is 0. The van der Waals surface area contributed by atoms with Crippen LogP contribution in [0.25, 0.3) is 0 Å². The Labute approximate surface area is 215 Å². The Kier molecular flexibility index (Phi) is 7.50. The first-order valence-electron chi connectivity index (χ1n) is 12.7. The molecule has 0 bridgehead atoms. The number of aliphatic hydroxyl groups excluding tert-OH is 1. The minimum atomic E-state index is -0.132. The van der Waals surface area contributed by atoms with Crippen molar-refractivity contribution in [3.8, 4) is 0 Å². The van der Waals surface area contributed by atoms with Crippen LogP contribution in [0.5, 0.6) is 0 Å². The molecule has 1 N–H and O–H groups in total. The Morgan fingerprint density at radius 3 is 2.56 bits per heavy atom. The summed E-state index contributed by atoms with van der Waals surface area (Å²) in [5, 5.41) is 26.8. The van der Waals surface area contributed by atoms with Crippen LogP contribution >= 0.6 is 0 Å². The Morgan fingerprint density at radius 1 is 1.09 bits per heavy atom. The van der Waals surface area contributed by atoms with E-state index in [9.17, 15) is 5.11 Å². The van der Waals surface area contributed by atoms with E-state index in [4.69, 9.17) is 4.74 Å². The van der Waals surface area contributed by atoms with Gasteiger partial charge in [-0.25, -0.2) is 0 Å². The number of aliphatic hydroxyl groups is 1. The molecule has 1 aromatic rings. The zero-order valence-corrected chi connectivity index (χ0v) is 22.8. The van der Waals surface area contributed by atoms with Crippen LogP contribution in [0.4, 0.5) is 0 Å². The number of ether oxygens (including phenoxy) is 1.